The lowest BCUT2D eigenvalue weighted by Gasteiger charge is -2.07. The highest BCUT2D eigenvalue weighted by Gasteiger charge is 2.17. The Labute approximate surface area is 157 Å². The molecule has 0 atom stereocenters. The van der Waals surface area contributed by atoms with Gasteiger partial charge in [0.25, 0.3) is 0 Å². The highest BCUT2D eigenvalue weighted by Crippen LogP contribution is 2.23. The molecule has 0 unspecified atom stereocenters. The van der Waals surface area contributed by atoms with Gasteiger partial charge < -0.3 is 5.11 Å². The van der Waals surface area contributed by atoms with Crippen molar-refractivity contribution >= 4 is 5.78 Å². The number of nitrogens with zero attached hydrogens (tertiary/aromatic N) is 1. The zero-order valence-electron chi connectivity index (χ0n) is 15.5. The lowest BCUT2D eigenvalue weighted by atomic mass is 9.98. The molecule has 27 heavy (non-hydrogen) atoms. The minimum absolute atomic E-state index is 0.0420. The average Bonchev–Trinajstić information content (AvgIpc) is 2.66. The SMILES string of the molecule is CO.Cc1cc[n+](C)cc1-c1ccc(CC(=O)c2c(F)cccc2F)cc1. The zero-order valence-corrected chi connectivity index (χ0v) is 15.5. The van der Waals surface area contributed by atoms with Gasteiger partial charge in [-0.25, -0.2) is 13.3 Å². The molecule has 1 heterocycles. The Morgan fingerprint density at radius 2 is 1.59 bits per heavy atom. The minimum atomic E-state index is -0.825. The third-order valence-electron chi connectivity index (χ3n) is 4.19. The number of rotatable bonds is 4. The lowest BCUT2D eigenvalue weighted by Crippen LogP contribution is -2.26. The van der Waals surface area contributed by atoms with E-state index in [4.69, 9.17) is 5.11 Å². The minimum Gasteiger partial charge on any atom is -0.400 e. The van der Waals surface area contributed by atoms with Crippen molar-refractivity contribution in [2.24, 2.45) is 7.05 Å². The lowest BCUT2D eigenvalue weighted by molar-refractivity contribution is -0.671. The van der Waals surface area contributed by atoms with Gasteiger partial charge in [-0.05, 0) is 35.7 Å². The van der Waals surface area contributed by atoms with Crippen LogP contribution in [0.15, 0.2) is 60.9 Å². The number of hydrogen-bond acceptors (Lipinski definition) is 2. The predicted molar refractivity (Wildman–Crippen MR) is 100 cm³/mol. The first-order chi connectivity index (χ1) is 13.0. The molecule has 0 saturated carbocycles. The van der Waals surface area contributed by atoms with Gasteiger partial charge in [0.2, 0.25) is 0 Å². The van der Waals surface area contributed by atoms with Gasteiger partial charge in [-0.15, -0.1) is 0 Å². The Bertz CT molecular complexity index is 917. The fourth-order valence-electron chi connectivity index (χ4n) is 2.81. The van der Waals surface area contributed by atoms with Crippen LogP contribution in [0.5, 0.6) is 0 Å². The van der Waals surface area contributed by atoms with Gasteiger partial charge in [0.1, 0.15) is 18.7 Å². The van der Waals surface area contributed by atoms with E-state index in [0.29, 0.717) is 0 Å². The van der Waals surface area contributed by atoms with Crippen LogP contribution in [0.1, 0.15) is 21.5 Å². The summed E-state index contributed by atoms with van der Waals surface area (Å²) in [5.41, 5.74) is 3.52. The Hall–Kier alpha value is -2.92. The largest absolute Gasteiger partial charge is 0.400 e. The number of carbonyl (C=O) groups is 1. The van der Waals surface area contributed by atoms with E-state index in [1.54, 1.807) is 0 Å². The average molecular weight is 370 g/mol. The Morgan fingerprint density at radius 3 is 2.19 bits per heavy atom. The van der Waals surface area contributed by atoms with Crippen molar-refractivity contribution in [2.75, 3.05) is 7.11 Å². The van der Waals surface area contributed by atoms with Gasteiger partial charge in [-0.2, -0.15) is 0 Å². The van der Waals surface area contributed by atoms with Crippen LogP contribution in [0.25, 0.3) is 11.1 Å². The van der Waals surface area contributed by atoms with Crippen molar-refractivity contribution in [3.05, 3.63) is 89.2 Å². The van der Waals surface area contributed by atoms with Gasteiger partial charge in [0.05, 0.1) is 5.56 Å². The van der Waals surface area contributed by atoms with Gasteiger partial charge >= 0.3 is 0 Å². The van der Waals surface area contributed by atoms with E-state index >= 15 is 0 Å². The number of aryl methyl sites for hydroxylation is 2. The maximum absolute atomic E-state index is 13.7. The first-order valence-corrected chi connectivity index (χ1v) is 8.43. The zero-order chi connectivity index (χ0) is 20.0. The topological polar surface area (TPSA) is 41.2 Å². The van der Waals surface area contributed by atoms with Crippen LogP contribution in [-0.4, -0.2) is 18.0 Å². The molecule has 0 aliphatic rings. The third-order valence-corrected chi connectivity index (χ3v) is 4.19. The van der Waals surface area contributed by atoms with Crippen LogP contribution in [0.4, 0.5) is 8.78 Å². The van der Waals surface area contributed by atoms with E-state index in [9.17, 15) is 13.6 Å². The summed E-state index contributed by atoms with van der Waals surface area (Å²) in [4.78, 5) is 12.2. The van der Waals surface area contributed by atoms with Crippen LogP contribution in [0.3, 0.4) is 0 Å². The molecule has 2 aromatic carbocycles. The molecule has 5 heteroatoms. The van der Waals surface area contributed by atoms with E-state index in [1.165, 1.54) is 6.07 Å². The fraction of sp³-hybridized carbons (Fsp3) is 0.182. The molecular formula is C22H22F2NO2+. The molecule has 3 nitrogen and oxygen atoms in total. The Kier molecular flexibility index (Phi) is 6.91. The number of aromatic nitrogens is 1. The van der Waals surface area contributed by atoms with Gasteiger partial charge in [-0.3, -0.25) is 4.79 Å². The molecular weight excluding hydrogens is 348 g/mol. The summed E-state index contributed by atoms with van der Waals surface area (Å²) in [5, 5.41) is 7.00. The number of carbonyl (C=O) groups excluding carboxylic acids is 1. The summed E-state index contributed by atoms with van der Waals surface area (Å²) in [7, 11) is 2.96. The predicted octanol–water partition coefficient (Wildman–Crippen LogP) is 3.80. The second-order valence-corrected chi connectivity index (χ2v) is 6.10. The van der Waals surface area contributed by atoms with Crippen LogP contribution >= 0.6 is 0 Å². The molecule has 0 radical (unpaired) electrons. The maximum Gasteiger partial charge on any atom is 0.176 e. The number of Topliss-reactive ketones (excluding diaryl/α,β-unsaturated/α-hetero) is 1. The van der Waals surface area contributed by atoms with Gasteiger partial charge in [0, 0.05) is 25.2 Å². The quantitative estimate of drug-likeness (QED) is 0.561. The summed E-state index contributed by atoms with van der Waals surface area (Å²) < 4.78 is 29.4. The standard InChI is InChI=1S/C21H18F2NO.CH4O/c1-14-10-11-24(2)13-17(14)16-8-6-15(7-9-16)12-20(25)21-18(22)4-3-5-19(21)23;1-2/h3-11,13H,12H2,1-2H3;2H,1H3/q+1;. The number of pyridine rings is 1. The van der Waals surface area contributed by atoms with E-state index in [-0.39, 0.29) is 6.42 Å². The van der Waals surface area contributed by atoms with Crippen molar-refractivity contribution in [1.82, 2.24) is 0 Å². The normalized spacial score (nSPS) is 10.1. The highest BCUT2D eigenvalue weighted by molar-refractivity contribution is 5.98. The third kappa shape index (κ3) is 4.83. The fourth-order valence-corrected chi connectivity index (χ4v) is 2.81. The van der Waals surface area contributed by atoms with E-state index in [0.717, 1.165) is 41.5 Å². The van der Waals surface area contributed by atoms with Gasteiger partial charge in [0.15, 0.2) is 18.2 Å². The molecule has 3 aromatic rings. The summed E-state index contributed by atoms with van der Waals surface area (Å²) >= 11 is 0. The monoisotopic (exact) mass is 370 g/mol. The molecule has 140 valence electrons. The number of hydrogen-bond donors (Lipinski definition) is 1. The first-order valence-electron chi connectivity index (χ1n) is 8.43. The summed E-state index contributed by atoms with van der Waals surface area (Å²) in [6.07, 6.45) is 3.97. The second kappa shape index (κ2) is 9.14. The van der Waals surface area contributed by atoms with Crippen molar-refractivity contribution in [1.29, 1.82) is 0 Å². The van der Waals surface area contributed by atoms with Crippen LogP contribution < -0.4 is 4.57 Å². The van der Waals surface area contributed by atoms with Crippen LogP contribution in [0.2, 0.25) is 0 Å². The van der Waals surface area contributed by atoms with E-state index in [1.807, 2.05) is 61.3 Å². The second-order valence-electron chi connectivity index (χ2n) is 6.10. The smallest absolute Gasteiger partial charge is 0.176 e. The van der Waals surface area contributed by atoms with E-state index < -0.39 is 23.0 Å². The molecule has 1 aromatic heterocycles. The van der Waals surface area contributed by atoms with Crippen molar-refractivity contribution in [3.63, 3.8) is 0 Å². The molecule has 3 rings (SSSR count). The van der Waals surface area contributed by atoms with E-state index in [2.05, 4.69) is 0 Å². The van der Waals surface area contributed by atoms with Crippen LogP contribution in [-0.2, 0) is 13.5 Å². The highest BCUT2D eigenvalue weighted by atomic mass is 19.1. The molecule has 0 saturated heterocycles. The molecule has 1 N–H and O–H groups in total. The summed E-state index contributed by atoms with van der Waals surface area (Å²) in [6, 6.07) is 12.9. The molecule has 0 aliphatic carbocycles. The van der Waals surface area contributed by atoms with Crippen LogP contribution in [0, 0.1) is 18.6 Å². The van der Waals surface area contributed by atoms with Crippen molar-refractivity contribution < 1.29 is 23.2 Å². The number of benzene rings is 2. The summed E-state index contributed by atoms with van der Waals surface area (Å²) in [6.45, 7) is 2.04. The molecule has 0 fully saturated rings. The number of ketones is 1. The number of aliphatic hydroxyl groups excluding tert-OH is 1. The summed E-state index contributed by atoms with van der Waals surface area (Å²) in [5.74, 6) is -2.21. The molecule has 0 bridgehead atoms. The number of halogens is 2. The van der Waals surface area contributed by atoms with Crippen molar-refractivity contribution in [2.45, 2.75) is 13.3 Å². The maximum atomic E-state index is 13.7. The molecule has 0 spiro atoms. The number of aliphatic hydroxyl groups is 1. The molecule has 0 amide bonds. The first kappa shape index (κ1) is 20.4. The Morgan fingerprint density at radius 1 is 1.00 bits per heavy atom. The molecule has 0 aliphatic heterocycles. The van der Waals surface area contributed by atoms with Crippen molar-refractivity contribution in [3.8, 4) is 11.1 Å². The Balaban J connectivity index is 0.00000126. The van der Waals surface area contributed by atoms with Gasteiger partial charge in [-0.1, -0.05) is 30.3 Å².